The molecule has 1 saturated carbocycles. The number of rotatable bonds is 3. The van der Waals surface area contributed by atoms with E-state index in [1.807, 2.05) is 11.8 Å². The molecule has 3 heteroatoms. The lowest BCUT2D eigenvalue weighted by atomic mass is 10.1. The van der Waals surface area contributed by atoms with E-state index in [0.717, 1.165) is 25.8 Å². The molecule has 2 atom stereocenters. The first-order chi connectivity index (χ1) is 6.56. The Bertz CT molecular complexity index is 203. The van der Waals surface area contributed by atoms with Gasteiger partial charge < -0.3 is 10.6 Å². The summed E-state index contributed by atoms with van der Waals surface area (Å²) in [4.78, 5) is 14.0. The van der Waals surface area contributed by atoms with Crippen molar-refractivity contribution in [2.75, 3.05) is 6.54 Å². The van der Waals surface area contributed by atoms with Crippen molar-refractivity contribution in [1.29, 1.82) is 0 Å². The van der Waals surface area contributed by atoms with Gasteiger partial charge in [-0.05, 0) is 40.0 Å². The van der Waals surface area contributed by atoms with Crippen LogP contribution in [0.1, 0.15) is 40.0 Å². The second kappa shape index (κ2) is 4.78. The number of hydrogen-bond acceptors (Lipinski definition) is 2. The minimum atomic E-state index is 0.187. The number of nitrogens with zero attached hydrogens (tertiary/aromatic N) is 1. The lowest BCUT2D eigenvalue weighted by Gasteiger charge is -2.28. The number of amides is 1. The molecular formula is C11H22N2O. The minimum Gasteiger partial charge on any atom is -0.340 e. The normalized spacial score (nSPS) is 26.9. The van der Waals surface area contributed by atoms with Gasteiger partial charge in [0.15, 0.2) is 0 Å². The summed E-state index contributed by atoms with van der Waals surface area (Å²) in [7, 11) is 0. The molecule has 2 unspecified atom stereocenters. The Morgan fingerprint density at radius 2 is 2.14 bits per heavy atom. The molecule has 0 aromatic carbocycles. The summed E-state index contributed by atoms with van der Waals surface area (Å²) in [6.45, 7) is 6.97. The molecule has 1 fully saturated rings. The van der Waals surface area contributed by atoms with E-state index in [2.05, 4.69) is 13.8 Å². The van der Waals surface area contributed by atoms with Crippen LogP contribution in [-0.4, -0.2) is 29.4 Å². The fraction of sp³-hybridized carbons (Fsp3) is 0.909. The largest absolute Gasteiger partial charge is 0.340 e. The van der Waals surface area contributed by atoms with Crippen molar-refractivity contribution in [3.8, 4) is 0 Å². The van der Waals surface area contributed by atoms with Crippen molar-refractivity contribution in [1.82, 2.24) is 4.90 Å². The zero-order valence-electron chi connectivity index (χ0n) is 9.49. The molecule has 0 bridgehead atoms. The second-order valence-corrected chi connectivity index (χ2v) is 4.49. The molecule has 2 N–H and O–H groups in total. The van der Waals surface area contributed by atoms with Crippen LogP contribution in [0.4, 0.5) is 0 Å². The Balaban J connectivity index is 2.55. The molecule has 14 heavy (non-hydrogen) atoms. The molecule has 1 amide bonds. The van der Waals surface area contributed by atoms with E-state index in [9.17, 15) is 4.79 Å². The summed E-state index contributed by atoms with van der Waals surface area (Å²) in [5, 5.41) is 0. The third-order valence-corrected chi connectivity index (χ3v) is 3.07. The van der Waals surface area contributed by atoms with E-state index >= 15 is 0 Å². The minimum absolute atomic E-state index is 0.187. The molecule has 0 aromatic rings. The monoisotopic (exact) mass is 198 g/mol. The summed E-state index contributed by atoms with van der Waals surface area (Å²) >= 11 is 0. The molecule has 0 saturated heterocycles. The molecule has 1 rings (SSSR count). The summed E-state index contributed by atoms with van der Waals surface area (Å²) < 4.78 is 0. The van der Waals surface area contributed by atoms with Gasteiger partial charge in [0.2, 0.25) is 5.91 Å². The highest BCUT2D eigenvalue weighted by Crippen LogP contribution is 2.26. The van der Waals surface area contributed by atoms with Gasteiger partial charge in [0.25, 0.3) is 0 Å². The van der Waals surface area contributed by atoms with Crippen molar-refractivity contribution in [3.63, 3.8) is 0 Å². The predicted molar refractivity (Wildman–Crippen MR) is 57.8 cm³/mol. The van der Waals surface area contributed by atoms with Crippen molar-refractivity contribution in [2.45, 2.75) is 52.1 Å². The van der Waals surface area contributed by atoms with E-state index in [1.54, 1.807) is 0 Å². The van der Waals surface area contributed by atoms with Crippen molar-refractivity contribution >= 4 is 5.91 Å². The van der Waals surface area contributed by atoms with Gasteiger partial charge in [-0.1, -0.05) is 0 Å². The maximum absolute atomic E-state index is 12.0. The van der Waals surface area contributed by atoms with E-state index < -0.39 is 0 Å². The Kier molecular flexibility index (Phi) is 3.93. The number of carbonyl (C=O) groups is 1. The molecule has 82 valence electrons. The molecule has 1 aliphatic rings. The third kappa shape index (κ3) is 2.47. The zero-order valence-corrected chi connectivity index (χ0v) is 9.49. The number of carbonyl (C=O) groups excluding carboxylic acids is 1. The Labute approximate surface area is 86.6 Å². The maximum Gasteiger partial charge on any atom is 0.225 e. The van der Waals surface area contributed by atoms with Gasteiger partial charge >= 0.3 is 0 Å². The van der Waals surface area contributed by atoms with E-state index in [4.69, 9.17) is 5.73 Å². The molecule has 0 heterocycles. The van der Waals surface area contributed by atoms with Gasteiger partial charge in [-0.2, -0.15) is 0 Å². The third-order valence-electron chi connectivity index (χ3n) is 3.07. The predicted octanol–water partition coefficient (Wildman–Crippen LogP) is 1.37. The van der Waals surface area contributed by atoms with Crippen LogP contribution in [0, 0.1) is 5.92 Å². The molecule has 0 aromatic heterocycles. The molecule has 3 nitrogen and oxygen atoms in total. The summed E-state index contributed by atoms with van der Waals surface area (Å²) in [6, 6.07) is 0.555. The van der Waals surface area contributed by atoms with Crippen molar-refractivity contribution in [2.24, 2.45) is 11.7 Å². The highest BCUT2D eigenvalue weighted by Gasteiger charge is 2.31. The summed E-state index contributed by atoms with van der Waals surface area (Å²) in [6.07, 6.45) is 2.86. The lowest BCUT2D eigenvalue weighted by Crippen LogP contribution is -2.40. The quantitative estimate of drug-likeness (QED) is 0.744. The molecular weight excluding hydrogens is 176 g/mol. The van der Waals surface area contributed by atoms with E-state index in [0.29, 0.717) is 11.9 Å². The van der Waals surface area contributed by atoms with Crippen LogP contribution in [0.5, 0.6) is 0 Å². The van der Waals surface area contributed by atoms with Gasteiger partial charge in [-0.3, -0.25) is 4.79 Å². The maximum atomic E-state index is 12.0. The first kappa shape index (κ1) is 11.5. The molecule has 0 spiro atoms. The van der Waals surface area contributed by atoms with Gasteiger partial charge in [0, 0.05) is 24.5 Å². The van der Waals surface area contributed by atoms with Crippen LogP contribution in [0.15, 0.2) is 0 Å². The van der Waals surface area contributed by atoms with Crippen molar-refractivity contribution in [3.05, 3.63) is 0 Å². The topological polar surface area (TPSA) is 46.3 Å². The Hall–Kier alpha value is -0.570. The summed E-state index contributed by atoms with van der Waals surface area (Å²) in [5.74, 6) is 0.489. The standard InChI is InChI=1S/C11H22N2O/c1-4-13(8(2)3)11(14)9-5-6-10(12)7-9/h8-10H,4-7,12H2,1-3H3. The van der Waals surface area contributed by atoms with Gasteiger partial charge in [-0.15, -0.1) is 0 Å². The Morgan fingerprint density at radius 3 is 2.50 bits per heavy atom. The molecule has 1 aliphatic carbocycles. The fourth-order valence-corrected chi connectivity index (χ4v) is 2.25. The fourth-order valence-electron chi connectivity index (χ4n) is 2.25. The second-order valence-electron chi connectivity index (χ2n) is 4.49. The van der Waals surface area contributed by atoms with Crippen LogP contribution >= 0.6 is 0 Å². The van der Waals surface area contributed by atoms with Gasteiger partial charge in [0.1, 0.15) is 0 Å². The van der Waals surface area contributed by atoms with Crippen LogP contribution in [-0.2, 0) is 4.79 Å². The van der Waals surface area contributed by atoms with Gasteiger partial charge in [0.05, 0.1) is 0 Å². The lowest BCUT2D eigenvalue weighted by molar-refractivity contribution is -0.136. The highest BCUT2D eigenvalue weighted by atomic mass is 16.2. The average Bonchev–Trinajstić information content (AvgIpc) is 2.52. The first-order valence-electron chi connectivity index (χ1n) is 5.62. The smallest absolute Gasteiger partial charge is 0.225 e. The van der Waals surface area contributed by atoms with Gasteiger partial charge in [-0.25, -0.2) is 0 Å². The van der Waals surface area contributed by atoms with Crippen LogP contribution < -0.4 is 5.73 Å². The summed E-state index contributed by atoms with van der Waals surface area (Å²) in [5.41, 5.74) is 5.81. The van der Waals surface area contributed by atoms with Crippen molar-refractivity contribution < 1.29 is 4.79 Å². The average molecular weight is 198 g/mol. The van der Waals surface area contributed by atoms with Crippen LogP contribution in [0.25, 0.3) is 0 Å². The van der Waals surface area contributed by atoms with Crippen LogP contribution in [0.3, 0.4) is 0 Å². The van der Waals surface area contributed by atoms with E-state index in [1.165, 1.54) is 0 Å². The molecule has 0 aliphatic heterocycles. The molecule has 0 radical (unpaired) electrons. The van der Waals surface area contributed by atoms with Crippen LogP contribution in [0.2, 0.25) is 0 Å². The number of nitrogens with two attached hydrogens (primary N) is 1. The van der Waals surface area contributed by atoms with E-state index in [-0.39, 0.29) is 12.0 Å². The Morgan fingerprint density at radius 1 is 1.50 bits per heavy atom. The SMILES string of the molecule is CCN(C(=O)C1CCC(N)C1)C(C)C. The zero-order chi connectivity index (χ0) is 10.7. The highest BCUT2D eigenvalue weighted by molar-refractivity contribution is 5.79. The first-order valence-corrected chi connectivity index (χ1v) is 5.62. The number of hydrogen-bond donors (Lipinski definition) is 1.